The first-order valence-electron chi connectivity index (χ1n) is 10.1. The average molecular weight is 425 g/mol. The fraction of sp³-hybridized carbons (Fsp3) is 0.364. The van der Waals surface area contributed by atoms with Gasteiger partial charge in [-0.25, -0.2) is 15.0 Å². The number of aryl methyl sites for hydroxylation is 1. The van der Waals surface area contributed by atoms with Gasteiger partial charge >= 0.3 is 0 Å². The number of benzene rings is 1. The summed E-state index contributed by atoms with van der Waals surface area (Å²) in [6, 6.07) is 8.05. The highest BCUT2D eigenvalue weighted by Crippen LogP contribution is 2.32. The Morgan fingerprint density at radius 2 is 2.03 bits per heavy atom. The zero-order valence-corrected chi connectivity index (χ0v) is 17.6. The predicted octanol–water partition coefficient (Wildman–Crippen LogP) is 4.68. The number of imidazole rings is 1. The van der Waals surface area contributed by atoms with Gasteiger partial charge in [-0.05, 0) is 43.4 Å². The molecule has 1 aromatic carbocycles. The van der Waals surface area contributed by atoms with E-state index in [1.807, 2.05) is 18.2 Å². The second kappa shape index (κ2) is 8.93. The number of aromatic nitrogens is 5. The molecule has 1 fully saturated rings. The quantitative estimate of drug-likeness (QED) is 0.493. The van der Waals surface area contributed by atoms with Crippen LogP contribution in [0, 0.1) is 12.8 Å². The monoisotopic (exact) mass is 424 g/mol. The number of hydrogen-bond donors (Lipinski definition) is 2. The van der Waals surface area contributed by atoms with E-state index >= 15 is 0 Å². The number of aliphatic hydroxyl groups excluding tert-OH is 1. The molecule has 156 valence electrons. The van der Waals surface area contributed by atoms with Crippen LogP contribution in [0.4, 0.5) is 5.82 Å². The van der Waals surface area contributed by atoms with Crippen LogP contribution < -0.4 is 5.73 Å². The molecular formula is C22H25ClN6O. The van der Waals surface area contributed by atoms with Gasteiger partial charge in [0, 0.05) is 11.6 Å². The van der Waals surface area contributed by atoms with Crippen molar-refractivity contribution in [3.8, 4) is 0 Å². The Morgan fingerprint density at radius 1 is 1.20 bits per heavy atom. The molecular weight excluding hydrogens is 400 g/mol. The number of anilines is 1. The molecule has 8 heteroatoms. The first-order valence-corrected chi connectivity index (χ1v) is 10.5. The van der Waals surface area contributed by atoms with Gasteiger partial charge in [-0.3, -0.25) is 9.55 Å². The molecule has 0 amide bonds. The van der Waals surface area contributed by atoms with Crippen molar-refractivity contribution in [3.63, 3.8) is 0 Å². The van der Waals surface area contributed by atoms with Gasteiger partial charge in [0.15, 0.2) is 11.5 Å². The standard InChI is InChI=1S/C12H17N5O.C10H8ClN/c13-11-10-12(15-6-14-11)17(7-16-10)9(18)5-4-8-2-1-3-8;1-7-2-3-8-5-9(11)6-12-10(8)4-7/h6-9,18H,1-5H2,(H2,13,14,15);2-6H,1H3/t9-;/m1./s1. The van der Waals surface area contributed by atoms with Crippen LogP contribution in [0.2, 0.25) is 5.02 Å². The summed E-state index contributed by atoms with van der Waals surface area (Å²) in [5, 5.41) is 12.0. The zero-order valence-electron chi connectivity index (χ0n) is 16.9. The van der Waals surface area contributed by atoms with Crippen molar-refractivity contribution in [1.29, 1.82) is 0 Å². The minimum Gasteiger partial charge on any atom is -0.382 e. The van der Waals surface area contributed by atoms with Crippen molar-refractivity contribution in [1.82, 2.24) is 24.5 Å². The zero-order chi connectivity index (χ0) is 21.1. The van der Waals surface area contributed by atoms with Crippen molar-refractivity contribution in [2.45, 2.75) is 45.3 Å². The molecule has 0 radical (unpaired) electrons. The lowest BCUT2D eigenvalue weighted by atomic mass is 9.82. The molecule has 0 bridgehead atoms. The van der Waals surface area contributed by atoms with Gasteiger partial charge in [0.1, 0.15) is 18.1 Å². The molecule has 30 heavy (non-hydrogen) atoms. The first-order chi connectivity index (χ1) is 14.5. The van der Waals surface area contributed by atoms with Crippen LogP contribution in [0.1, 0.15) is 43.9 Å². The Kier molecular flexibility index (Phi) is 6.11. The third-order valence-corrected chi connectivity index (χ3v) is 5.78. The third kappa shape index (κ3) is 4.52. The van der Waals surface area contributed by atoms with Crippen LogP contribution in [0.3, 0.4) is 0 Å². The van der Waals surface area contributed by atoms with Gasteiger partial charge in [0.2, 0.25) is 0 Å². The van der Waals surface area contributed by atoms with Gasteiger partial charge in [-0.1, -0.05) is 43.0 Å². The lowest BCUT2D eigenvalue weighted by molar-refractivity contribution is 0.0836. The highest BCUT2D eigenvalue weighted by molar-refractivity contribution is 6.31. The minimum atomic E-state index is -0.579. The highest BCUT2D eigenvalue weighted by atomic mass is 35.5. The summed E-state index contributed by atoms with van der Waals surface area (Å²) in [7, 11) is 0. The summed E-state index contributed by atoms with van der Waals surface area (Å²) in [4.78, 5) is 16.4. The molecule has 7 nitrogen and oxygen atoms in total. The second-order valence-corrected chi connectivity index (χ2v) is 8.22. The normalized spacial score (nSPS) is 14.9. The van der Waals surface area contributed by atoms with E-state index in [-0.39, 0.29) is 0 Å². The Balaban J connectivity index is 0.000000158. The van der Waals surface area contributed by atoms with Gasteiger partial charge in [-0.15, -0.1) is 0 Å². The summed E-state index contributed by atoms with van der Waals surface area (Å²) in [6.07, 6.45) is 9.79. The molecule has 5 rings (SSSR count). The molecule has 4 aromatic rings. The number of nitrogens with two attached hydrogens (primary N) is 1. The second-order valence-electron chi connectivity index (χ2n) is 7.79. The fourth-order valence-corrected chi connectivity index (χ4v) is 3.76. The highest BCUT2D eigenvalue weighted by Gasteiger charge is 2.20. The topological polar surface area (TPSA) is 103 Å². The number of aliphatic hydroxyl groups is 1. The van der Waals surface area contributed by atoms with E-state index in [1.54, 1.807) is 17.1 Å². The molecule has 3 aromatic heterocycles. The van der Waals surface area contributed by atoms with E-state index in [1.165, 1.54) is 31.2 Å². The molecule has 1 saturated carbocycles. The lowest BCUT2D eigenvalue weighted by Crippen LogP contribution is -2.15. The molecule has 0 unspecified atom stereocenters. The average Bonchev–Trinajstić information content (AvgIpc) is 3.13. The van der Waals surface area contributed by atoms with E-state index in [9.17, 15) is 5.11 Å². The third-order valence-electron chi connectivity index (χ3n) is 5.57. The Labute approximate surface area is 180 Å². The van der Waals surface area contributed by atoms with Crippen LogP contribution in [0.25, 0.3) is 22.1 Å². The summed E-state index contributed by atoms with van der Waals surface area (Å²) < 4.78 is 1.67. The molecule has 0 spiro atoms. The lowest BCUT2D eigenvalue weighted by Gasteiger charge is -2.26. The van der Waals surface area contributed by atoms with Crippen molar-refractivity contribution in [2.75, 3.05) is 5.73 Å². The van der Waals surface area contributed by atoms with Gasteiger partial charge in [0.25, 0.3) is 0 Å². The van der Waals surface area contributed by atoms with E-state index in [4.69, 9.17) is 17.3 Å². The van der Waals surface area contributed by atoms with Gasteiger partial charge in [-0.2, -0.15) is 0 Å². The number of halogens is 1. The minimum absolute atomic E-state index is 0.352. The van der Waals surface area contributed by atoms with Crippen LogP contribution in [-0.4, -0.2) is 29.6 Å². The first kappa shape index (κ1) is 20.5. The van der Waals surface area contributed by atoms with Crippen LogP contribution in [0.15, 0.2) is 43.1 Å². The number of fused-ring (bicyclic) bond motifs is 2. The van der Waals surface area contributed by atoms with E-state index in [0.29, 0.717) is 22.0 Å². The SMILES string of the molecule is Cc1ccc2cc(Cl)cnc2c1.Nc1ncnc2c1ncn2[C@H](O)CCC1CCC1. The molecule has 1 atom stereocenters. The van der Waals surface area contributed by atoms with E-state index < -0.39 is 6.23 Å². The predicted molar refractivity (Wildman–Crippen MR) is 119 cm³/mol. The smallest absolute Gasteiger partial charge is 0.167 e. The Bertz CT molecular complexity index is 1120. The summed E-state index contributed by atoms with van der Waals surface area (Å²) in [5.41, 5.74) is 9.09. The Morgan fingerprint density at radius 3 is 2.80 bits per heavy atom. The van der Waals surface area contributed by atoms with Gasteiger partial charge in [0.05, 0.1) is 16.9 Å². The van der Waals surface area contributed by atoms with Crippen LogP contribution in [-0.2, 0) is 0 Å². The molecule has 0 saturated heterocycles. The fourth-order valence-electron chi connectivity index (χ4n) is 3.60. The maximum absolute atomic E-state index is 10.2. The molecule has 3 heterocycles. The maximum Gasteiger partial charge on any atom is 0.167 e. The van der Waals surface area contributed by atoms with Crippen molar-refractivity contribution in [3.05, 3.63) is 53.7 Å². The van der Waals surface area contributed by atoms with Crippen molar-refractivity contribution in [2.24, 2.45) is 5.92 Å². The van der Waals surface area contributed by atoms with Crippen LogP contribution >= 0.6 is 11.6 Å². The van der Waals surface area contributed by atoms with E-state index in [0.717, 1.165) is 29.7 Å². The molecule has 0 aliphatic heterocycles. The Hall–Kier alpha value is -2.77. The summed E-state index contributed by atoms with van der Waals surface area (Å²) in [6.45, 7) is 2.05. The molecule has 1 aliphatic rings. The number of rotatable bonds is 4. The summed E-state index contributed by atoms with van der Waals surface area (Å²) >= 11 is 5.80. The number of hydrogen-bond acceptors (Lipinski definition) is 6. The number of pyridine rings is 1. The van der Waals surface area contributed by atoms with Gasteiger partial charge < -0.3 is 10.8 Å². The van der Waals surface area contributed by atoms with Crippen molar-refractivity contribution >= 4 is 39.5 Å². The van der Waals surface area contributed by atoms with E-state index in [2.05, 4.69) is 32.9 Å². The molecule has 3 N–H and O–H groups in total. The summed E-state index contributed by atoms with van der Waals surface area (Å²) in [5.74, 6) is 1.14. The van der Waals surface area contributed by atoms with Crippen LogP contribution in [0.5, 0.6) is 0 Å². The van der Waals surface area contributed by atoms with Crippen molar-refractivity contribution < 1.29 is 5.11 Å². The number of nitrogen functional groups attached to an aromatic ring is 1. The maximum atomic E-state index is 10.2. The largest absolute Gasteiger partial charge is 0.382 e. The molecule has 1 aliphatic carbocycles. The number of nitrogens with zero attached hydrogens (tertiary/aromatic N) is 5.